The number of nitrogens with zero attached hydrogens (tertiary/aromatic N) is 2. The third-order valence-electron chi connectivity index (χ3n) is 5.58. The van der Waals surface area contributed by atoms with Crippen LogP contribution in [0, 0.1) is 6.92 Å². The van der Waals surface area contributed by atoms with Crippen LogP contribution in [-0.4, -0.2) is 15.5 Å². The Kier molecular flexibility index (Phi) is 5.38. The molecule has 0 unspecified atom stereocenters. The third-order valence-corrected chi connectivity index (χ3v) is 5.89. The van der Waals surface area contributed by atoms with Gasteiger partial charge in [0.05, 0.1) is 27.3 Å². The number of para-hydroxylation sites is 2. The van der Waals surface area contributed by atoms with E-state index in [0.29, 0.717) is 16.3 Å². The number of hydrogen-bond donors (Lipinski definition) is 1. The molecule has 5 rings (SSSR count). The number of aryl methyl sites for hydroxylation is 1. The number of amides is 1. The van der Waals surface area contributed by atoms with Gasteiger partial charge in [-0.25, -0.2) is 4.98 Å². The van der Waals surface area contributed by atoms with Gasteiger partial charge in [0.1, 0.15) is 5.82 Å². The van der Waals surface area contributed by atoms with Crippen LogP contribution in [0.25, 0.3) is 28.1 Å². The van der Waals surface area contributed by atoms with Crippen LogP contribution in [0.3, 0.4) is 0 Å². The van der Waals surface area contributed by atoms with E-state index < -0.39 is 0 Å². The van der Waals surface area contributed by atoms with Crippen LogP contribution in [0.1, 0.15) is 28.8 Å². The molecule has 0 spiro atoms. The zero-order valence-corrected chi connectivity index (χ0v) is 18.4. The number of hydrogen-bond acceptors (Lipinski definition) is 2. The number of carbonyl (C=O) groups is 1. The minimum Gasteiger partial charge on any atom is -0.321 e. The molecule has 1 aliphatic rings. The molecule has 3 aromatic carbocycles. The Bertz CT molecular complexity index is 1400. The highest BCUT2D eigenvalue weighted by Crippen LogP contribution is 2.33. The number of anilines is 1. The van der Waals surface area contributed by atoms with Crippen LogP contribution in [0.4, 0.5) is 5.69 Å². The summed E-state index contributed by atoms with van der Waals surface area (Å²) >= 11 is 6.35. The van der Waals surface area contributed by atoms with Gasteiger partial charge in [0.2, 0.25) is 0 Å². The summed E-state index contributed by atoms with van der Waals surface area (Å²) in [5.74, 6) is 0.517. The highest BCUT2D eigenvalue weighted by Gasteiger charge is 2.21. The van der Waals surface area contributed by atoms with Crippen LogP contribution in [0.2, 0.25) is 5.02 Å². The SMILES string of the molecule is Cc1ccc(NC(=O)c2ccccc2-c2nc3ccccc3n2C2=CCCC=C2)c(Cl)c1. The van der Waals surface area contributed by atoms with Crippen LogP contribution < -0.4 is 5.32 Å². The monoisotopic (exact) mass is 439 g/mol. The molecule has 1 aliphatic carbocycles. The van der Waals surface area contributed by atoms with Crippen molar-refractivity contribution in [2.24, 2.45) is 0 Å². The van der Waals surface area contributed by atoms with Gasteiger partial charge in [0.25, 0.3) is 5.91 Å². The molecule has 0 saturated heterocycles. The minimum absolute atomic E-state index is 0.224. The average Bonchev–Trinajstić information content (AvgIpc) is 3.21. The lowest BCUT2D eigenvalue weighted by Crippen LogP contribution is -2.14. The lowest BCUT2D eigenvalue weighted by Gasteiger charge is -2.15. The molecular formula is C27H22ClN3O. The van der Waals surface area contributed by atoms with Gasteiger partial charge in [0, 0.05) is 11.3 Å². The second kappa shape index (κ2) is 8.48. The smallest absolute Gasteiger partial charge is 0.256 e. The van der Waals surface area contributed by atoms with Crippen molar-refractivity contribution < 1.29 is 4.79 Å². The van der Waals surface area contributed by atoms with Crippen LogP contribution >= 0.6 is 11.6 Å². The molecule has 4 nitrogen and oxygen atoms in total. The van der Waals surface area contributed by atoms with E-state index in [9.17, 15) is 4.79 Å². The van der Waals surface area contributed by atoms with Gasteiger partial charge in [-0.3, -0.25) is 9.36 Å². The van der Waals surface area contributed by atoms with E-state index in [-0.39, 0.29) is 5.91 Å². The fraction of sp³-hybridized carbons (Fsp3) is 0.111. The predicted octanol–water partition coefficient (Wildman–Crippen LogP) is 7.11. The molecule has 0 radical (unpaired) electrons. The summed E-state index contributed by atoms with van der Waals surface area (Å²) in [6.07, 6.45) is 8.52. The van der Waals surface area contributed by atoms with Gasteiger partial charge in [-0.1, -0.05) is 60.2 Å². The maximum absolute atomic E-state index is 13.3. The standard InChI is InChI=1S/C27H22ClN3O/c1-18-15-16-23(22(28)17-18)30-27(32)21-12-6-5-11-20(21)26-29-24-13-7-8-14-25(24)31(26)19-9-3-2-4-10-19/h3,5-17H,2,4H2,1H3,(H,30,32). The van der Waals surface area contributed by atoms with E-state index in [4.69, 9.17) is 16.6 Å². The highest BCUT2D eigenvalue weighted by molar-refractivity contribution is 6.34. The Labute approximate surface area is 191 Å². The number of halogens is 1. The Balaban J connectivity index is 1.63. The van der Waals surface area contributed by atoms with Crippen molar-refractivity contribution in [1.29, 1.82) is 0 Å². The molecule has 1 amide bonds. The maximum Gasteiger partial charge on any atom is 0.256 e. The van der Waals surface area contributed by atoms with Gasteiger partial charge < -0.3 is 5.32 Å². The molecule has 0 fully saturated rings. The summed E-state index contributed by atoms with van der Waals surface area (Å²) in [7, 11) is 0. The summed E-state index contributed by atoms with van der Waals surface area (Å²) in [6.45, 7) is 1.96. The lowest BCUT2D eigenvalue weighted by molar-refractivity contribution is 0.102. The molecule has 32 heavy (non-hydrogen) atoms. The van der Waals surface area contributed by atoms with Crippen molar-refractivity contribution in [2.75, 3.05) is 5.32 Å². The molecular weight excluding hydrogens is 418 g/mol. The average molecular weight is 440 g/mol. The maximum atomic E-state index is 13.3. The Morgan fingerprint density at radius 3 is 2.66 bits per heavy atom. The Morgan fingerprint density at radius 1 is 1.03 bits per heavy atom. The fourth-order valence-electron chi connectivity index (χ4n) is 4.02. The van der Waals surface area contributed by atoms with Gasteiger partial charge in [-0.2, -0.15) is 0 Å². The number of carbonyl (C=O) groups excluding carboxylic acids is 1. The normalized spacial score (nSPS) is 13.2. The quantitative estimate of drug-likeness (QED) is 0.368. The largest absolute Gasteiger partial charge is 0.321 e. The Hall–Kier alpha value is -3.63. The van der Waals surface area contributed by atoms with E-state index in [1.165, 1.54) is 0 Å². The number of imidazole rings is 1. The van der Waals surface area contributed by atoms with Crippen molar-refractivity contribution in [3.05, 3.63) is 101 Å². The number of rotatable bonds is 4. The van der Waals surface area contributed by atoms with Crippen LogP contribution in [0.15, 0.2) is 85.0 Å². The molecule has 0 saturated carbocycles. The summed E-state index contributed by atoms with van der Waals surface area (Å²) in [5.41, 5.74) is 5.90. The first-order valence-corrected chi connectivity index (χ1v) is 11.0. The van der Waals surface area contributed by atoms with Gasteiger partial charge >= 0.3 is 0 Å². The van der Waals surface area contributed by atoms with Crippen LogP contribution in [-0.2, 0) is 0 Å². The lowest BCUT2D eigenvalue weighted by atomic mass is 10.0. The van der Waals surface area contributed by atoms with E-state index in [1.54, 1.807) is 0 Å². The first-order chi connectivity index (χ1) is 15.6. The van der Waals surface area contributed by atoms with Crippen molar-refractivity contribution in [3.8, 4) is 11.4 Å². The van der Waals surface area contributed by atoms with Gasteiger partial charge in [0.15, 0.2) is 0 Å². The topological polar surface area (TPSA) is 46.9 Å². The molecule has 1 N–H and O–H groups in total. The zero-order valence-electron chi connectivity index (χ0n) is 17.7. The van der Waals surface area contributed by atoms with Crippen LogP contribution in [0.5, 0.6) is 0 Å². The zero-order chi connectivity index (χ0) is 22.1. The summed E-state index contributed by atoms with van der Waals surface area (Å²) in [6, 6.07) is 21.2. The first-order valence-electron chi connectivity index (χ1n) is 10.6. The first kappa shape index (κ1) is 20.3. The number of aromatic nitrogens is 2. The predicted molar refractivity (Wildman–Crippen MR) is 132 cm³/mol. The molecule has 1 aromatic heterocycles. The Morgan fingerprint density at radius 2 is 1.84 bits per heavy atom. The van der Waals surface area contributed by atoms with E-state index in [1.807, 2.05) is 67.6 Å². The molecule has 4 aromatic rings. The summed E-state index contributed by atoms with van der Waals surface area (Å²) in [4.78, 5) is 18.2. The van der Waals surface area contributed by atoms with Gasteiger partial charge in [-0.15, -0.1) is 0 Å². The molecule has 0 bridgehead atoms. The number of allylic oxidation sites excluding steroid dienone is 4. The van der Waals surface area contributed by atoms with Crippen molar-refractivity contribution >= 4 is 39.9 Å². The molecule has 5 heteroatoms. The molecule has 1 heterocycles. The molecule has 0 atom stereocenters. The summed E-state index contributed by atoms with van der Waals surface area (Å²) in [5, 5.41) is 3.47. The minimum atomic E-state index is -0.224. The molecule has 158 valence electrons. The summed E-state index contributed by atoms with van der Waals surface area (Å²) < 4.78 is 2.13. The number of fused-ring (bicyclic) bond motifs is 1. The second-order valence-corrected chi connectivity index (χ2v) is 8.26. The van der Waals surface area contributed by atoms with Crippen molar-refractivity contribution in [1.82, 2.24) is 9.55 Å². The fourth-order valence-corrected chi connectivity index (χ4v) is 4.30. The van der Waals surface area contributed by atoms with Crippen molar-refractivity contribution in [3.63, 3.8) is 0 Å². The third kappa shape index (κ3) is 3.74. The van der Waals surface area contributed by atoms with E-state index in [0.717, 1.165) is 46.5 Å². The molecule has 0 aliphatic heterocycles. The van der Waals surface area contributed by atoms with Gasteiger partial charge in [-0.05, 0) is 61.7 Å². The van der Waals surface area contributed by atoms with E-state index >= 15 is 0 Å². The van der Waals surface area contributed by atoms with Crippen molar-refractivity contribution in [2.45, 2.75) is 19.8 Å². The van der Waals surface area contributed by atoms with E-state index in [2.05, 4.69) is 34.2 Å². The number of nitrogens with one attached hydrogen (secondary N) is 1. The number of benzene rings is 3. The highest BCUT2D eigenvalue weighted by atomic mass is 35.5. The second-order valence-electron chi connectivity index (χ2n) is 7.85.